The number of rotatable bonds is 6. The van der Waals surface area contributed by atoms with Crippen molar-refractivity contribution in [3.8, 4) is 0 Å². The highest BCUT2D eigenvalue weighted by molar-refractivity contribution is 6.14. The normalized spacial score (nSPS) is 20.9. The maximum atomic E-state index is 13.8. The molecule has 3 aliphatic rings. The number of morpholine rings is 2. The molecular weight excluding hydrogens is 498 g/mol. The van der Waals surface area contributed by atoms with E-state index in [0.717, 1.165) is 81.4 Å². The predicted octanol–water partition coefficient (Wildman–Crippen LogP) is 4.91. The van der Waals surface area contributed by atoms with Gasteiger partial charge in [-0.15, -0.1) is 0 Å². The molecule has 3 aliphatic heterocycles. The van der Waals surface area contributed by atoms with Gasteiger partial charge in [0.25, 0.3) is 0 Å². The van der Waals surface area contributed by atoms with Crippen molar-refractivity contribution in [1.29, 1.82) is 0 Å². The van der Waals surface area contributed by atoms with Crippen LogP contribution in [0, 0.1) is 0 Å². The van der Waals surface area contributed by atoms with Gasteiger partial charge in [-0.05, 0) is 53.1 Å². The standard InChI is InChI=1S/C34H37N3O3/c38-34-30(22-27-6-10-32(11-7-27)36-14-18-39-19-15-36)25-35(24-29-4-2-1-3-5-29)26-31(34)23-28-8-12-33(13-9-28)37-16-20-40-21-17-37/h1-13,22-23H,14-21,24-26H2/b30-22+,31-23+. The fourth-order valence-corrected chi connectivity index (χ4v) is 5.67. The van der Waals surface area contributed by atoms with E-state index < -0.39 is 0 Å². The van der Waals surface area contributed by atoms with Gasteiger partial charge < -0.3 is 19.3 Å². The van der Waals surface area contributed by atoms with E-state index in [-0.39, 0.29) is 5.78 Å². The molecule has 6 rings (SSSR count). The van der Waals surface area contributed by atoms with Crippen molar-refractivity contribution in [1.82, 2.24) is 4.90 Å². The van der Waals surface area contributed by atoms with Crippen LogP contribution >= 0.6 is 0 Å². The lowest BCUT2D eigenvalue weighted by Crippen LogP contribution is -2.37. The molecule has 3 fully saturated rings. The summed E-state index contributed by atoms with van der Waals surface area (Å²) < 4.78 is 11.0. The Morgan fingerprint density at radius 2 is 1.05 bits per heavy atom. The number of likely N-dealkylation sites (tertiary alicyclic amines) is 1. The van der Waals surface area contributed by atoms with Crippen LogP contribution in [0.3, 0.4) is 0 Å². The first-order valence-electron chi connectivity index (χ1n) is 14.3. The van der Waals surface area contributed by atoms with Crippen LogP contribution in [-0.2, 0) is 20.8 Å². The molecule has 0 unspecified atom stereocenters. The minimum Gasteiger partial charge on any atom is -0.378 e. The third kappa shape index (κ3) is 6.53. The van der Waals surface area contributed by atoms with Crippen molar-refractivity contribution < 1.29 is 14.3 Å². The van der Waals surface area contributed by atoms with Crippen LogP contribution in [-0.4, -0.2) is 76.4 Å². The fraction of sp³-hybridized carbons (Fsp3) is 0.324. The molecule has 0 amide bonds. The molecule has 206 valence electrons. The predicted molar refractivity (Wildman–Crippen MR) is 162 cm³/mol. The van der Waals surface area contributed by atoms with E-state index >= 15 is 0 Å². The summed E-state index contributed by atoms with van der Waals surface area (Å²) in [5, 5.41) is 0. The van der Waals surface area contributed by atoms with Gasteiger partial charge in [-0.2, -0.15) is 0 Å². The highest BCUT2D eigenvalue weighted by Gasteiger charge is 2.26. The van der Waals surface area contributed by atoms with Gasteiger partial charge in [0.1, 0.15) is 0 Å². The molecule has 6 heteroatoms. The van der Waals surface area contributed by atoms with Crippen LogP contribution in [0.1, 0.15) is 16.7 Å². The molecule has 3 aromatic rings. The van der Waals surface area contributed by atoms with Crippen LogP contribution in [0.25, 0.3) is 12.2 Å². The lowest BCUT2D eigenvalue weighted by molar-refractivity contribution is -0.113. The number of hydrogen-bond acceptors (Lipinski definition) is 6. The van der Waals surface area contributed by atoms with E-state index in [1.165, 1.54) is 16.9 Å². The molecule has 0 bridgehead atoms. The van der Waals surface area contributed by atoms with Gasteiger partial charge in [0.15, 0.2) is 5.78 Å². The molecule has 40 heavy (non-hydrogen) atoms. The van der Waals surface area contributed by atoms with E-state index in [9.17, 15) is 4.79 Å². The maximum absolute atomic E-state index is 13.8. The second kappa shape index (κ2) is 12.6. The number of Topliss-reactive ketones (excluding diaryl/α,β-unsaturated/α-hetero) is 1. The molecule has 0 atom stereocenters. The molecule has 0 radical (unpaired) electrons. The van der Waals surface area contributed by atoms with E-state index in [0.29, 0.717) is 13.1 Å². The fourth-order valence-electron chi connectivity index (χ4n) is 5.67. The molecule has 3 saturated heterocycles. The maximum Gasteiger partial charge on any atom is 0.187 e. The van der Waals surface area contributed by atoms with Crippen LogP contribution in [0.15, 0.2) is 90.0 Å². The topological polar surface area (TPSA) is 45.2 Å². The Morgan fingerprint density at radius 1 is 0.600 bits per heavy atom. The lowest BCUT2D eigenvalue weighted by Gasteiger charge is -2.30. The number of piperidine rings is 1. The minimum absolute atomic E-state index is 0.138. The Labute approximate surface area is 237 Å². The van der Waals surface area contributed by atoms with Crippen molar-refractivity contribution in [2.24, 2.45) is 0 Å². The first-order chi connectivity index (χ1) is 19.7. The first-order valence-corrected chi connectivity index (χ1v) is 14.3. The zero-order valence-corrected chi connectivity index (χ0v) is 23.0. The molecule has 6 nitrogen and oxygen atoms in total. The Balaban J connectivity index is 1.24. The van der Waals surface area contributed by atoms with Gasteiger partial charge in [-0.1, -0.05) is 54.6 Å². The van der Waals surface area contributed by atoms with Gasteiger partial charge in [-0.25, -0.2) is 0 Å². The smallest absolute Gasteiger partial charge is 0.187 e. The molecule has 0 aliphatic carbocycles. The van der Waals surface area contributed by atoms with Gasteiger partial charge in [0.2, 0.25) is 0 Å². The van der Waals surface area contributed by atoms with Crippen molar-refractivity contribution in [3.05, 3.63) is 107 Å². The Kier molecular flexibility index (Phi) is 8.38. The second-order valence-corrected chi connectivity index (χ2v) is 10.7. The summed E-state index contributed by atoms with van der Waals surface area (Å²) in [4.78, 5) is 20.8. The summed E-state index contributed by atoms with van der Waals surface area (Å²) in [6.07, 6.45) is 4.13. The van der Waals surface area contributed by atoms with Crippen LogP contribution in [0.5, 0.6) is 0 Å². The SMILES string of the molecule is O=C1/C(=C/c2ccc(N3CCOCC3)cc2)CN(Cc2ccccc2)C/C1=C\c1ccc(N2CCOCC2)cc1. The van der Waals surface area contributed by atoms with Gasteiger partial charge in [-0.3, -0.25) is 9.69 Å². The Morgan fingerprint density at radius 3 is 1.50 bits per heavy atom. The number of nitrogens with zero attached hydrogens (tertiary/aromatic N) is 3. The first kappa shape index (κ1) is 26.5. The van der Waals surface area contributed by atoms with Crippen molar-refractivity contribution in [2.75, 3.05) is 75.5 Å². The number of ketones is 1. The third-order valence-corrected chi connectivity index (χ3v) is 7.84. The number of carbonyl (C=O) groups is 1. The number of carbonyl (C=O) groups excluding carboxylic acids is 1. The third-order valence-electron chi connectivity index (χ3n) is 7.84. The van der Waals surface area contributed by atoms with Crippen molar-refractivity contribution in [3.63, 3.8) is 0 Å². The van der Waals surface area contributed by atoms with Crippen LogP contribution in [0.2, 0.25) is 0 Å². The molecule has 0 aromatic heterocycles. The number of hydrogen-bond donors (Lipinski definition) is 0. The van der Waals surface area contributed by atoms with E-state index in [1.54, 1.807) is 0 Å². The summed E-state index contributed by atoms with van der Waals surface area (Å²) in [6.45, 7) is 8.78. The Hall–Kier alpha value is -3.71. The lowest BCUT2D eigenvalue weighted by atomic mass is 9.93. The largest absolute Gasteiger partial charge is 0.378 e. The van der Waals surface area contributed by atoms with Crippen LogP contribution in [0.4, 0.5) is 11.4 Å². The minimum atomic E-state index is 0.138. The van der Waals surface area contributed by atoms with Gasteiger partial charge >= 0.3 is 0 Å². The average Bonchev–Trinajstić information content (AvgIpc) is 3.01. The van der Waals surface area contributed by atoms with E-state index in [2.05, 4.69) is 99.6 Å². The average molecular weight is 536 g/mol. The molecular formula is C34H37N3O3. The summed E-state index contributed by atoms with van der Waals surface area (Å²) >= 11 is 0. The molecule has 0 N–H and O–H groups in total. The monoisotopic (exact) mass is 535 g/mol. The van der Waals surface area contributed by atoms with Crippen LogP contribution < -0.4 is 9.80 Å². The van der Waals surface area contributed by atoms with Gasteiger partial charge in [0.05, 0.1) is 26.4 Å². The zero-order valence-electron chi connectivity index (χ0n) is 23.0. The molecule has 0 spiro atoms. The summed E-state index contributed by atoms with van der Waals surface area (Å²) in [6, 6.07) is 27.6. The highest BCUT2D eigenvalue weighted by Crippen LogP contribution is 2.26. The second-order valence-electron chi connectivity index (χ2n) is 10.7. The van der Waals surface area contributed by atoms with Gasteiger partial charge in [0, 0.05) is 68.3 Å². The molecule has 0 saturated carbocycles. The zero-order chi connectivity index (χ0) is 27.1. The van der Waals surface area contributed by atoms with Crippen molar-refractivity contribution >= 4 is 29.3 Å². The summed E-state index contributed by atoms with van der Waals surface area (Å²) in [5.74, 6) is 0.138. The summed E-state index contributed by atoms with van der Waals surface area (Å²) in [7, 11) is 0. The highest BCUT2D eigenvalue weighted by atomic mass is 16.5. The number of ether oxygens (including phenoxy) is 2. The van der Waals surface area contributed by atoms with E-state index in [4.69, 9.17) is 9.47 Å². The Bertz CT molecular complexity index is 1250. The van der Waals surface area contributed by atoms with Crippen molar-refractivity contribution in [2.45, 2.75) is 6.54 Å². The quantitative estimate of drug-likeness (QED) is 0.418. The molecule has 3 heterocycles. The molecule has 3 aromatic carbocycles. The number of anilines is 2. The number of benzene rings is 3. The summed E-state index contributed by atoms with van der Waals surface area (Å²) in [5.41, 5.74) is 7.42. The van der Waals surface area contributed by atoms with E-state index in [1.807, 2.05) is 6.07 Å².